The summed E-state index contributed by atoms with van der Waals surface area (Å²) in [6.45, 7) is 8.59. The highest BCUT2D eigenvalue weighted by Gasteiger charge is 2.24. The van der Waals surface area contributed by atoms with E-state index >= 15 is 0 Å². The van der Waals surface area contributed by atoms with Crippen LogP contribution in [-0.2, 0) is 4.74 Å². The zero-order valence-electron chi connectivity index (χ0n) is 19.1. The van der Waals surface area contributed by atoms with Crippen molar-refractivity contribution >= 4 is 29.1 Å². The van der Waals surface area contributed by atoms with Crippen LogP contribution in [0.4, 0.5) is 10.5 Å². The molecule has 2 aromatic carbocycles. The standard InChI is InChI=1S/C26H30ClN3O2/c1-18(23(28)19-14-16-30(17-15-19)25(31)32-26(2,3)4)24(20-10-12-21(27)13-11-20)29-22-8-6-5-7-9-22/h5-14H,15-17,28H2,1-4H3/b23-18-,29-24?. The summed E-state index contributed by atoms with van der Waals surface area (Å²) in [7, 11) is 0. The lowest BCUT2D eigenvalue weighted by Crippen LogP contribution is -2.39. The molecular weight excluding hydrogens is 422 g/mol. The van der Waals surface area contributed by atoms with Crippen molar-refractivity contribution in [3.05, 3.63) is 88.1 Å². The van der Waals surface area contributed by atoms with Crippen molar-refractivity contribution < 1.29 is 9.53 Å². The molecule has 0 radical (unpaired) electrons. The number of rotatable bonds is 4. The summed E-state index contributed by atoms with van der Waals surface area (Å²) in [5.41, 5.74) is 11.2. The molecule has 32 heavy (non-hydrogen) atoms. The lowest BCUT2D eigenvalue weighted by molar-refractivity contribution is 0.0266. The first-order valence-electron chi connectivity index (χ1n) is 10.7. The van der Waals surface area contributed by atoms with Gasteiger partial charge in [-0.2, -0.15) is 0 Å². The normalized spacial score (nSPS) is 15.7. The van der Waals surface area contributed by atoms with E-state index in [1.54, 1.807) is 4.90 Å². The van der Waals surface area contributed by atoms with Crippen LogP contribution in [-0.4, -0.2) is 35.4 Å². The van der Waals surface area contributed by atoms with Crippen molar-refractivity contribution in [3.63, 3.8) is 0 Å². The van der Waals surface area contributed by atoms with Crippen molar-refractivity contribution in [1.29, 1.82) is 0 Å². The molecule has 168 valence electrons. The average Bonchev–Trinajstić information content (AvgIpc) is 2.77. The van der Waals surface area contributed by atoms with Gasteiger partial charge in [-0.25, -0.2) is 9.79 Å². The van der Waals surface area contributed by atoms with Crippen molar-refractivity contribution in [1.82, 2.24) is 4.90 Å². The van der Waals surface area contributed by atoms with Crippen LogP contribution in [0.3, 0.4) is 0 Å². The van der Waals surface area contributed by atoms with Crippen molar-refractivity contribution in [2.75, 3.05) is 13.1 Å². The van der Waals surface area contributed by atoms with Crippen LogP contribution in [0.15, 0.2) is 82.5 Å². The number of hydrogen-bond acceptors (Lipinski definition) is 4. The Bertz CT molecular complexity index is 1050. The fourth-order valence-corrected chi connectivity index (χ4v) is 3.50. The van der Waals surface area contributed by atoms with Gasteiger partial charge in [-0.05, 0) is 69.5 Å². The Morgan fingerprint density at radius 2 is 1.75 bits per heavy atom. The van der Waals surface area contributed by atoms with E-state index in [1.165, 1.54) is 0 Å². The highest BCUT2D eigenvalue weighted by molar-refractivity contribution is 6.30. The lowest BCUT2D eigenvalue weighted by atomic mass is 9.96. The van der Waals surface area contributed by atoms with E-state index in [1.807, 2.05) is 88.4 Å². The largest absolute Gasteiger partial charge is 0.444 e. The van der Waals surface area contributed by atoms with Crippen molar-refractivity contribution in [2.45, 2.75) is 39.7 Å². The van der Waals surface area contributed by atoms with Gasteiger partial charge in [-0.15, -0.1) is 0 Å². The fourth-order valence-electron chi connectivity index (χ4n) is 3.38. The van der Waals surface area contributed by atoms with Gasteiger partial charge < -0.3 is 15.4 Å². The molecule has 5 nitrogen and oxygen atoms in total. The van der Waals surface area contributed by atoms with Gasteiger partial charge in [0.25, 0.3) is 0 Å². The van der Waals surface area contributed by atoms with Gasteiger partial charge in [0.05, 0.1) is 11.4 Å². The SMILES string of the molecule is C/C(C(=Nc1ccccc1)c1ccc(Cl)cc1)=C(/N)C1=CCN(C(=O)OC(C)(C)C)CC1. The molecule has 0 atom stereocenters. The van der Waals surface area contributed by atoms with Crippen LogP contribution >= 0.6 is 11.6 Å². The summed E-state index contributed by atoms with van der Waals surface area (Å²) in [4.78, 5) is 18.9. The van der Waals surface area contributed by atoms with Crippen LogP contribution in [0.25, 0.3) is 0 Å². The van der Waals surface area contributed by atoms with Gasteiger partial charge in [-0.1, -0.05) is 48.0 Å². The number of halogens is 1. The predicted octanol–water partition coefficient (Wildman–Crippen LogP) is 6.26. The third kappa shape index (κ3) is 6.24. The van der Waals surface area contributed by atoms with E-state index in [4.69, 9.17) is 27.1 Å². The number of aliphatic imine (C=N–C) groups is 1. The zero-order chi connectivity index (χ0) is 23.3. The lowest BCUT2D eigenvalue weighted by Gasteiger charge is -2.30. The molecule has 0 aromatic heterocycles. The topological polar surface area (TPSA) is 67.9 Å². The Morgan fingerprint density at radius 1 is 1.09 bits per heavy atom. The summed E-state index contributed by atoms with van der Waals surface area (Å²) in [5, 5.41) is 0.666. The minimum absolute atomic E-state index is 0.306. The molecule has 0 unspecified atom stereocenters. The number of allylic oxidation sites excluding steroid dienone is 2. The molecule has 1 heterocycles. The van der Waals surface area contributed by atoms with Crippen molar-refractivity contribution in [3.8, 4) is 0 Å². The van der Waals surface area contributed by atoms with Crippen LogP contribution in [0.5, 0.6) is 0 Å². The molecule has 0 bridgehead atoms. The van der Waals surface area contributed by atoms with E-state index in [0.29, 0.717) is 30.2 Å². The molecule has 1 aliphatic heterocycles. The zero-order valence-corrected chi connectivity index (χ0v) is 19.8. The summed E-state index contributed by atoms with van der Waals surface area (Å²) in [5.74, 6) is 0. The Kier molecular flexibility index (Phi) is 7.41. The first-order valence-corrected chi connectivity index (χ1v) is 11.1. The van der Waals surface area contributed by atoms with E-state index in [9.17, 15) is 4.79 Å². The van der Waals surface area contributed by atoms with Gasteiger partial charge in [-0.3, -0.25) is 0 Å². The van der Waals surface area contributed by atoms with Gasteiger partial charge in [0.2, 0.25) is 0 Å². The number of ether oxygens (including phenoxy) is 1. The van der Waals surface area contributed by atoms with E-state index in [0.717, 1.165) is 28.1 Å². The minimum Gasteiger partial charge on any atom is -0.444 e. The van der Waals surface area contributed by atoms with E-state index in [-0.39, 0.29) is 6.09 Å². The van der Waals surface area contributed by atoms with Crippen LogP contribution in [0, 0.1) is 0 Å². The quantitative estimate of drug-likeness (QED) is 0.557. The molecule has 0 saturated carbocycles. The molecule has 3 rings (SSSR count). The van der Waals surface area contributed by atoms with Gasteiger partial charge in [0.1, 0.15) is 5.60 Å². The molecule has 0 fully saturated rings. The second kappa shape index (κ2) is 10.0. The summed E-state index contributed by atoms with van der Waals surface area (Å²) < 4.78 is 5.48. The third-order valence-electron chi connectivity index (χ3n) is 5.08. The first-order chi connectivity index (χ1) is 15.1. The van der Waals surface area contributed by atoms with E-state index in [2.05, 4.69) is 0 Å². The summed E-state index contributed by atoms with van der Waals surface area (Å²) >= 11 is 6.09. The minimum atomic E-state index is -0.516. The maximum absolute atomic E-state index is 12.3. The van der Waals surface area contributed by atoms with Crippen LogP contribution in [0.2, 0.25) is 5.02 Å². The summed E-state index contributed by atoms with van der Waals surface area (Å²) in [6, 6.07) is 17.4. The Hall–Kier alpha value is -3.05. The van der Waals surface area contributed by atoms with Crippen LogP contribution in [0.1, 0.15) is 39.7 Å². The Morgan fingerprint density at radius 3 is 2.31 bits per heavy atom. The number of nitrogens with two attached hydrogens (primary N) is 1. The Balaban J connectivity index is 1.90. The monoisotopic (exact) mass is 451 g/mol. The molecule has 0 aliphatic carbocycles. The predicted molar refractivity (Wildman–Crippen MR) is 131 cm³/mol. The average molecular weight is 452 g/mol. The molecular formula is C26H30ClN3O2. The molecule has 2 N–H and O–H groups in total. The second-order valence-electron chi connectivity index (χ2n) is 8.75. The smallest absolute Gasteiger partial charge is 0.410 e. The van der Waals surface area contributed by atoms with E-state index < -0.39 is 5.60 Å². The van der Waals surface area contributed by atoms with Gasteiger partial charge in [0, 0.05) is 29.4 Å². The van der Waals surface area contributed by atoms with Gasteiger partial charge >= 0.3 is 6.09 Å². The number of carbonyl (C=O) groups excluding carboxylic acids is 1. The second-order valence-corrected chi connectivity index (χ2v) is 9.18. The number of carbonyl (C=O) groups is 1. The molecule has 1 amide bonds. The third-order valence-corrected chi connectivity index (χ3v) is 5.33. The highest BCUT2D eigenvalue weighted by Crippen LogP contribution is 2.25. The van der Waals surface area contributed by atoms with Crippen LogP contribution < -0.4 is 5.73 Å². The molecule has 0 saturated heterocycles. The summed E-state index contributed by atoms with van der Waals surface area (Å²) in [6.07, 6.45) is 2.34. The van der Waals surface area contributed by atoms with Gasteiger partial charge in [0.15, 0.2) is 0 Å². The highest BCUT2D eigenvalue weighted by atomic mass is 35.5. The maximum atomic E-state index is 12.3. The number of nitrogens with zero attached hydrogens (tertiary/aromatic N) is 2. The Labute approximate surface area is 195 Å². The maximum Gasteiger partial charge on any atom is 0.410 e. The number of benzene rings is 2. The molecule has 2 aromatic rings. The number of para-hydroxylation sites is 1. The molecule has 0 spiro atoms. The first kappa shape index (κ1) is 23.6. The van der Waals surface area contributed by atoms with Crippen molar-refractivity contribution in [2.24, 2.45) is 10.7 Å². The molecule has 6 heteroatoms. The molecule has 1 aliphatic rings. The fraction of sp³-hybridized carbons (Fsp3) is 0.308. The number of amides is 1. The number of hydrogen-bond donors (Lipinski definition) is 1.